The van der Waals surface area contributed by atoms with Crippen molar-refractivity contribution in [3.05, 3.63) is 29.8 Å². The SMILES string of the molecule is O=C(Nc1ccc(C(F)(F)F)cc1)NC1CCN(S(=O)(=O)CCCO)CC1. The summed E-state index contributed by atoms with van der Waals surface area (Å²) in [6.45, 7) is 0.333. The van der Waals surface area contributed by atoms with Gasteiger partial charge < -0.3 is 15.7 Å². The van der Waals surface area contributed by atoms with Gasteiger partial charge in [0, 0.05) is 31.4 Å². The molecule has 152 valence electrons. The van der Waals surface area contributed by atoms with Gasteiger partial charge in [0.15, 0.2) is 0 Å². The van der Waals surface area contributed by atoms with Crippen LogP contribution in [0.15, 0.2) is 24.3 Å². The van der Waals surface area contributed by atoms with E-state index >= 15 is 0 Å². The molecule has 1 aromatic rings. The molecule has 2 rings (SSSR count). The van der Waals surface area contributed by atoms with E-state index in [1.165, 1.54) is 16.4 Å². The molecule has 1 aromatic carbocycles. The molecule has 0 spiro atoms. The molecule has 0 aromatic heterocycles. The van der Waals surface area contributed by atoms with Crippen molar-refractivity contribution in [3.8, 4) is 0 Å². The average Bonchev–Trinajstić information content (AvgIpc) is 2.60. The van der Waals surface area contributed by atoms with E-state index in [1.54, 1.807) is 0 Å². The van der Waals surface area contributed by atoms with Gasteiger partial charge in [0.05, 0.1) is 11.3 Å². The van der Waals surface area contributed by atoms with Gasteiger partial charge in [-0.2, -0.15) is 13.2 Å². The largest absolute Gasteiger partial charge is 0.416 e. The Hall–Kier alpha value is -1.85. The molecule has 0 unspecified atom stereocenters. The average molecular weight is 409 g/mol. The zero-order chi connectivity index (χ0) is 20.1. The lowest BCUT2D eigenvalue weighted by molar-refractivity contribution is -0.137. The number of rotatable bonds is 6. The Bertz CT molecular complexity index is 730. The Labute approximate surface area is 155 Å². The van der Waals surface area contributed by atoms with Crippen molar-refractivity contribution >= 4 is 21.7 Å². The van der Waals surface area contributed by atoms with E-state index in [4.69, 9.17) is 5.11 Å². The molecule has 0 saturated carbocycles. The Balaban J connectivity index is 1.81. The van der Waals surface area contributed by atoms with Crippen LogP contribution in [0.1, 0.15) is 24.8 Å². The van der Waals surface area contributed by atoms with Crippen LogP contribution in [-0.2, 0) is 16.2 Å². The van der Waals surface area contributed by atoms with Crippen molar-refractivity contribution in [2.45, 2.75) is 31.5 Å². The molecule has 11 heteroatoms. The molecule has 27 heavy (non-hydrogen) atoms. The monoisotopic (exact) mass is 409 g/mol. The molecule has 1 aliphatic heterocycles. The predicted octanol–water partition coefficient (Wildman–Crippen LogP) is 2.00. The first-order valence-electron chi connectivity index (χ1n) is 8.45. The van der Waals surface area contributed by atoms with Gasteiger partial charge >= 0.3 is 12.2 Å². The van der Waals surface area contributed by atoms with Gasteiger partial charge in [0.25, 0.3) is 0 Å². The fourth-order valence-corrected chi connectivity index (χ4v) is 4.27. The van der Waals surface area contributed by atoms with Crippen molar-refractivity contribution in [2.24, 2.45) is 0 Å². The maximum atomic E-state index is 12.5. The van der Waals surface area contributed by atoms with Crippen LogP contribution in [-0.4, -0.2) is 55.4 Å². The van der Waals surface area contributed by atoms with Gasteiger partial charge in [-0.1, -0.05) is 0 Å². The van der Waals surface area contributed by atoms with Crippen molar-refractivity contribution in [1.29, 1.82) is 0 Å². The molecule has 1 fully saturated rings. The van der Waals surface area contributed by atoms with Gasteiger partial charge in [0.1, 0.15) is 0 Å². The highest BCUT2D eigenvalue weighted by atomic mass is 32.2. The fraction of sp³-hybridized carbons (Fsp3) is 0.562. The summed E-state index contributed by atoms with van der Waals surface area (Å²) in [4.78, 5) is 12.0. The summed E-state index contributed by atoms with van der Waals surface area (Å²) in [5.41, 5.74) is -0.576. The number of hydrogen-bond acceptors (Lipinski definition) is 4. The van der Waals surface area contributed by atoms with Crippen molar-refractivity contribution in [3.63, 3.8) is 0 Å². The smallest absolute Gasteiger partial charge is 0.396 e. The number of alkyl halides is 3. The number of aliphatic hydroxyl groups is 1. The number of piperidine rings is 1. The molecule has 3 N–H and O–H groups in total. The van der Waals surface area contributed by atoms with E-state index in [0.717, 1.165) is 12.1 Å². The fourth-order valence-electron chi connectivity index (χ4n) is 2.75. The number of carbonyl (C=O) groups is 1. The first kappa shape index (κ1) is 21.5. The minimum absolute atomic E-state index is 0.115. The lowest BCUT2D eigenvalue weighted by Crippen LogP contribution is -2.48. The number of halogens is 3. The van der Waals surface area contributed by atoms with Gasteiger partial charge in [-0.05, 0) is 43.5 Å². The van der Waals surface area contributed by atoms with Crippen LogP contribution in [0.25, 0.3) is 0 Å². The number of benzene rings is 1. The first-order valence-corrected chi connectivity index (χ1v) is 10.1. The van der Waals surface area contributed by atoms with E-state index in [9.17, 15) is 26.4 Å². The predicted molar refractivity (Wildman–Crippen MR) is 93.7 cm³/mol. The topological polar surface area (TPSA) is 98.7 Å². The second-order valence-corrected chi connectivity index (χ2v) is 8.33. The molecule has 1 saturated heterocycles. The molecular formula is C16H22F3N3O4S. The lowest BCUT2D eigenvalue weighted by Gasteiger charge is -2.31. The summed E-state index contributed by atoms with van der Waals surface area (Å²) in [5.74, 6) is -0.115. The Morgan fingerprint density at radius 2 is 1.78 bits per heavy atom. The summed E-state index contributed by atoms with van der Waals surface area (Å²) < 4.78 is 63.0. The third-order valence-corrected chi connectivity index (χ3v) is 6.17. The van der Waals surface area contributed by atoms with Crippen LogP contribution >= 0.6 is 0 Å². The molecule has 0 radical (unpaired) electrons. The second kappa shape index (κ2) is 8.89. The maximum Gasteiger partial charge on any atom is 0.416 e. The summed E-state index contributed by atoms with van der Waals surface area (Å²) in [6.07, 6.45) is -3.40. The normalized spacial score (nSPS) is 16.9. The van der Waals surface area contributed by atoms with Crippen molar-refractivity contribution in [2.75, 3.05) is 30.8 Å². The van der Waals surface area contributed by atoms with Crippen LogP contribution < -0.4 is 10.6 Å². The third kappa shape index (κ3) is 6.36. The second-order valence-electron chi connectivity index (χ2n) is 6.24. The van der Waals surface area contributed by atoms with Gasteiger partial charge in [-0.25, -0.2) is 17.5 Å². The summed E-state index contributed by atoms with van der Waals surface area (Å²) in [7, 11) is -3.41. The molecular weight excluding hydrogens is 387 g/mol. The van der Waals surface area contributed by atoms with Crippen LogP contribution in [0.2, 0.25) is 0 Å². The molecule has 2 amide bonds. The van der Waals surface area contributed by atoms with Gasteiger partial charge in [-0.15, -0.1) is 0 Å². The number of sulfonamides is 1. The number of carbonyl (C=O) groups excluding carboxylic acids is 1. The number of hydrogen-bond donors (Lipinski definition) is 3. The minimum atomic E-state index is -4.44. The molecule has 0 atom stereocenters. The minimum Gasteiger partial charge on any atom is -0.396 e. The van der Waals surface area contributed by atoms with Gasteiger partial charge in [0.2, 0.25) is 10.0 Å². The van der Waals surface area contributed by atoms with Gasteiger partial charge in [-0.3, -0.25) is 0 Å². The molecule has 0 bridgehead atoms. The van der Waals surface area contributed by atoms with E-state index in [2.05, 4.69) is 10.6 Å². The number of amides is 2. The standard InChI is InChI=1S/C16H22F3N3O4S/c17-16(18,19)12-2-4-13(5-3-12)20-15(24)21-14-6-8-22(9-7-14)27(25,26)11-1-10-23/h2-5,14,23H,1,6-11H2,(H2,20,21,24). The van der Waals surface area contributed by atoms with Crippen LogP contribution in [0.5, 0.6) is 0 Å². The van der Waals surface area contributed by atoms with Crippen LogP contribution in [0.4, 0.5) is 23.7 Å². The summed E-state index contributed by atoms with van der Waals surface area (Å²) >= 11 is 0. The van der Waals surface area contributed by atoms with Crippen molar-refractivity contribution < 1.29 is 31.5 Å². The number of aliphatic hydroxyl groups excluding tert-OH is 1. The number of urea groups is 1. The Kier molecular flexibility index (Phi) is 7.06. The van der Waals surface area contributed by atoms with Crippen LogP contribution in [0, 0.1) is 0 Å². The molecule has 7 nitrogen and oxygen atoms in total. The van der Waals surface area contributed by atoms with E-state index in [1.807, 2.05) is 0 Å². The van der Waals surface area contributed by atoms with Crippen molar-refractivity contribution in [1.82, 2.24) is 9.62 Å². The molecule has 1 heterocycles. The first-order chi connectivity index (χ1) is 12.6. The van der Waals surface area contributed by atoms with E-state index in [-0.39, 0.29) is 43.6 Å². The zero-order valence-corrected chi connectivity index (χ0v) is 15.3. The highest BCUT2D eigenvalue weighted by molar-refractivity contribution is 7.89. The summed E-state index contributed by atoms with van der Waals surface area (Å²) in [5, 5.41) is 13.9. The number of nitrogens with zero attached hydrogens (tertiary/aromatic N) is 1. The third-order valence-electron chi connectivity index (χ3n) is 4.21. The van der Waals surface area contributed by atoms with E-state index < -0.39 is 27.8 Å². The molecule has 1 aliphatic rings. The molecule has 0 aliphatic carbocycles. The highest BCUT2D eigenvalue weighted by Crippen LogP contribution is 2.29. The quantitative estimate of drug-likeness (QED) is 0.669. The van der Waals surface area contributed by atoms with E-state index in [0.29, 0.717) is 12.8 Å². The summed E-state index contributed by atoms with van der Waals surface area (Å²) in [6, 6.07) is 3.30. The Morgan fingerprint density at radius 1 is 1.19 bits per heavy atom. The zero-order valence-electron chi connectivity index (χ0n) is 14.5. The van der Waals surface area contributed by atoms with Crippen LogP contribution in [0.3, 0.4) is 0 Å². The highest BCUT2D eigenvalue weighted by Gasteiger charge is 2.30. The maximum absolute atomic E-state index is 12.5. The lowest BCUT2D eigenvalue weighted by atomic mass is 10.1. The number of nitrogens with one attached hydrogen (secondary N) is 2. The Morgan fingerprint density at radius 3 is 2.30 bits per heavy atom. The number of anilines is 1.